The van der Waals surface area contributed by atoms with Crippen molar-refractivity contribution in [2.45, 2.75) is 32.6 Å². The molecule has 3 rings (SSSR count). The molecule has 0 aliphatic carbocycles. The van der Waals surface area contributed by atoms with Crippen molar-refractivity contribution in [2.75, 3.05) is 19.4 Å². The average Bonchev–Trinajstić information content (AvgIpc) is 2.82. The molecule has 0 aliphatic heterocycles. The summed E-state index contributed by atoms with van der Waals surface area (Å²) in [6.45, 7) is 4.03. The van der Waals surface area contributed by atoms with Crippen LogP contribution in [0.4, 0.5) is 4.39 Å². The number of hydrogen-bond donors (Lipinski definition) is 1. The van der Waals surface area contributed by atoms with Crippen LogP contribution >= 0.6 is 7.37 Å². The summed E-state index contributed by atoms with van der Waals surface area (Å²) in [6, 6.07) is 17.8. The number of carbonyl (C=O) groups excluding carboxylic acids is 1. The third-order valence-corrected chi connectivity index (χ3v) is 8.13. The van der Waals surface area contributed by atoms with E-state index in [0.717, 1.165) is 33.6 Å². The van der Waals surface area contributed by atoms with Gasteiger partial charge in [-0.1, -0.05) is 56.3 Å². The fraction of sp³-hybridized carbons (Fsp3) is 0.296. The van der Waals surface area contributed by atoms with Crippen molar-refractivity contribution in [2.24, 2.45) is 0 Å². The number of halogens is 1. The molecule has 3 aromatic rings. The Labute approximate surface area is 204 Å². The van der Waals surface area contributed by atoms with Crippen LogP contribution in [-0.2, 0) is 25.1 Å². The zero-order valence-electron chi connectivity index (χ0n) is 20.0. The number of pyridine rings is 1. The zero-order valence-corrected chi connectivity index (χ0v) is 20.9. The topological polar surface area (TPSA) is 93.6 Å². The molecule has 0 radical (unpaired) electrons. The van der Waals surface area contributed by atoms with E-state index in [2.05, 4.69) is 0 Å². The number of rotatable bonds is 11. The van der Waals surface area contributed by atoms with Crippen LogP contribution in [0.1, 0.15) is 37.4 Å². The molecule has 1 N–H and O–H groups in total. The Morgan fingerprint density at radius 3 is 2.29 bits per heavy atom. The number of hydrogen-bond acceptors (Lipinski definition) is 5. The van der Waals surface area contributed by atoms with E-state index in [1.807, 2.05) is 50.2 Å². The van der Waals surface area contributed by atoms with Gasteiger partial charge < -0.3 is 9.63 Å². The molecule has 35 heavy (non-hydrogen) atoms. The smallest absolute Gasteiger partial charge is 0.310 e. The number of Topliss-reactive ketones (excluding diaryl/α,β-unsaturated/α-hetero) is 1. The second-order valence-electron chi connectivity index (χ2n) is 8.68. The predicted molar refractivity (Wildman–Crippen MR) is 134 cm³/mol. The van der Waals surface area contributed by atoms with Crippen molar-refractivity contribution in [1.29, 1.82) is 0 Å². The molecule has 1 aromatic heterocycles. The average molecular weight is 498 g/mol. The maximum absolute atomic E-state index is 13.7. The second-order valence-corrected chi connectivity index (χ2v) is 11.4. The van der Waals surface area contributed by atoms with Gasteiger partial charge in [-0.3, -0.25) is 19.1 Å². The number of carbonyl (C=O) groups is 2. The van der Waals surface area contributed by atoms with E-state index in [1.165, 1.54) is 19.2 Å². The number of carboxylic acid groups (broad SMARTS) is 1. The molecule has 0 aliphatic rings. The van der Waals surface area contributed by atoms with Gasteiger partial charge in [-0.2, -0.15) is 0 Å². The molecule has 0 amide bonds. The molecule has 0 fully saturated rings. The van der Waals surface area contributed by atoms with Crippen molar-refractivity contribution in [1.82, 2.24) is 4.98 Å². The Kier molecular flexibility index (Phi) is 8.71. The number of nitrogens with zero attached hydrogens (tertiary/aromatic N) is 1. The van der Waals surface area contributed by atoms with Gasteiger partial charge in [0.25, 0.3) is 0 Å². The molecule has 0 bridgehead atoms. The highest BCUT2D eigenvalue weighted by molar-refractivity contribution is 7.59. The predicted octanol–water partition coefficient (Wildman–Crippen LogP) is 6.19. The normalized spacial score (nSPS) is 12.9. The third-order valence-electron chi connectivity index (χ3n) is 5.73. The Morgan fingerprint density at radius 2 is 1.71 bits per heavy atom. The Morgan fingerprint density at radius 1 is 1.06 bits per heavy atom. The Hall–Kier alpha value is -3.15. The summed E-state index contributed by atoms with van der Waals surface area (Å²) in [5.41, 5.74) is 4.98. The lowest BCUT2D eigenvalue weighted by Gasteiger charge is -2.21. The first-order valence-corrected chi connectivity index (χ1v) is 13.3. The molecule has 1 unspecified atom stereocenters. The Bertz CT molecular complexity index is 1240. The minimum Gasteiger partial charge on any atom is -0.481 e. The van der Waals surface area contributed by atoms with Crippen LogP contribution < -0.4 is 0 Å². The first kappa shape index (κ1) is 26.5. The van der Waals surface area contributed by atoms with E-state index in [9.17, 15) is 18.5 Å². The molecule has 184 valence electrons. The van der Waals surface area contributed by atoms with Crippen LogP contribution in [0.2, 0.25) is 0 Å². The molecule has 2 aromatic carbocycles. The van der Waals surface area contributed by atoms with Crippen molar-refractivity contribution < 1.29 is 28.2 Å². The fourth-order valence-electron chi connectivity index (χ4n) is 3.99. The summed E-state index contributed by atoms with van der Waals surface area (Å²) in [5, 5.41) is 8.87. The summed E-state index contributed by atoms with van der Waals surface area (Å²) in [7, 11) is -2.14. The van der Waals surface area contributed by atoms with E-state index in [-0.39, 0.29) is 17.9 Å². The fourth-order valence-corrected chi connectivity index (χ4v) is 5.67. The highest BCUT2D eigenvalue weighted by Crippen LogP contribution is 2.47. The van der Waals surface area contributed by atoms with Gasteiger partial charge in [0.05, 0.1) is 11.9 Å². The highest BCUT2D eigenvalue weighted by Gasteiger charge is 2.28. The standard InChI is InChI=1S/C27H29FNO5P/c1-18(2)27-23(13-14-35(33,34-3)17-22(30)15-26(31)32)24(19-9-11-21(28)12-10-19)16-25(29-27)20-7-5-4-6-8-20/h4-12,16,18H,13-15,17H2,1-3H3,(H,31,32). The van der Waals surface area contributed by atoms with Crippen LogP contribution in [0.3, 0.4) is 0 Å². The van der Waals surface area contributed by atoms with Gasteiger partial charge in [-0.15, -0.1) is 0 Å². The van der Waals surface area contributed by atoms with E-state index < -0.39 is 31.7 Å². The number of carboxylic acids is 1. The molecule has 1 heterocycles. The van der Waals surface area contributed by atoms with Gasteiger partial charge in [0.1, 0.15) is 12.2 Å². The number of benzene rings is 2. The largest absolute Gasteiger partial charge is 0.481 e. The summed E-state index contributed by atoms with van der Waals surface area (Å²) in [4.78, 5) is 27.9. The zero-order chi connectivity index (χ0) is 25.6. The molecule has 8 heteroatoms. The minimum atomic E-state index is -3.42. The van der Waals surface area contributed by atoms with Crippen molar-refractivity contribution in [3.05, 3.63) is 77.7 Å². The van der Waals surface area contributed by atoms with Crippen LogP contribution in [0.25, 0.3) is 22.4 Å². The van der Waals surface area contributed by atoms with E-state index >= 15 is 0 Å². The van der Waals surface area contributed by atoms with Gasteiger partial charge in [-0.25, -0.2) is 4.39 Å². The molecule has 0 saturated heterocycles. The summed E-state index contributed by atoms with van der Waals surface area (Å²) in [6.07, 6.45) is -0.782. The summed E-state index contributed by atoms with van der Waals surface area (Å²) >= 11 is 0. The van der Waals surface area contributed by atoms with Crippen LogP contribution in [0.15, 0.2) is 60.7 Å². The van der Waals surface area contributed by atoms with E-state index in [1.54, 1.807) is 12.1 Å². The van der Waals surface area contributed by atoms with Gasteiger partial charge >= 0.3 is 5.97 Å². The minimum absolute atomic E-state index is 0.0310. The van der Waals surface area contributed by atoms with Gasteiger partial charge in [0, 0.05) is 24.5 Å². The monoisotopic (exact) mass is 497 g/mol. The van der Waals surface area contributed by atoms with Crippen molar-refractivity contribution in [3.63, 3.8) is 0 Å². The van der Waals surface area contributed by atoms with Gasteiger partial charge in [0.2, 0.25) is 7.37 Å². The number of aliphatic carboxylic acids is 1. The number of ketones is 1. The number of aromatic nitrogens is 1. The molecular formula is C27H29FNO5P. The van der Waals surface area contributed by atoms with Crippen molar-refractivity contribution >= 4 is 19.1 Å². The van der Waals surface area contributed by atoms with Crippen LogP contribution in [0, 0.1) is 5.82 Å². The first-order valence-electron chi connectivity index (χ1n) is 11.3. The lowest BCUT2D eigenvalue weighted by Crippen LogP contribution is -2.15. The van der Waals surface area contributed by atoms with E-state index in [0.29, 0.717) is 6.42 Å². The van der Waals surface area contributed by atoms with Crippen LogP contribution in [-0.4, -0.2) is 41.3 Å². The maximum atomic E-state index is 13.7. The lowest BCUT2D eigenvalue weighted by molar-refractivity contribution is -0.139. The van der Waals surface area contributed by atoms with E-state index in [4.69, 9.17) is 14.6 Å². The summed E-state index contributed by atoms with van der Waals surface area (Å²) in [5.74, 6) is -2.22. The van der Waals surface area contributed by atoms with Crippen LogP contribution in [0.5, 0.6) is 0 Å². The third kappa shape index (κ3) is 6.93. The lowest BCUT2D eigenvalue weighted by atomic mass is 9.91. The van der Waals surface area contributed by atoms with Gasteiger partial charge in [-0.05, 0) is 47.2 Å². The summed E-state index contributed by atoms with van der Waals surface area (Å²) < 4.78 is 32.2. The molecule has 6 nitrogen and oxygen atoms in total. The Balaban J connectivity index is 2.08. The molecule has 0 saturated carbocycles. The molecular weight excluding hydrogens is 468 g/mol. The highest BCUT2D eigenvalue weighted by atomic mass is 31.2. The quantitative estimate of drug-likeness (QED) is 0.251. The second kappa shape index (κ2) is 11.5. The molecule has 0 spiro atoms. The van der Waals surface area contributed by atoms with Gasteiger partial charge in [0.15, 0.2) is 5.78 Å². The maximum Gasteiger partial charge on any atom is 0.310 e. The SMILES string of the molecule is COP(=O)(CCc1c(-c2ccc(F)cc2)cc(-c2ccccc2)nc1C(C)C)CC(=O)CC(=O)O. The van der Waals surface area contributed by atoms with Crippen molar-refractivity contribution in [3.8, 4) is 22.4 Å². The molecule has 1 atom stereocenters. The first-order chi connectivity index (χ1) is 16.6.